The Balaban J connectivity index is 1.43. The van der Waals surface area contributed by atoms with Gasteiger partial charge in [-0.3, -0.25) is 19.3 Å². The smallest absolute Gasteiger partial charge is 0.261 e. The van der Waals surface area contributed by atoms with Crippen molar-refractivity contribution in [1.82, 2.24) is 15.1 Å². The molecule has 0 aliphatic carbocycles. The fraction of sp³-hybridized carbons (Fsp3) is 0.409. The van der Waals surface area contributed by atoms with E-state index in [1.54, 1.807) is 12.1 Å². The molecule has 0 saturated carbocycles. The average molecular weight is 379 g/mol. The second-order valence-corrected chi connectivity index (χ2v) is 7.54. The molecule has 1 N–H and O–H groups in total. The molecule has 1 unspecified atom stereocenters. The molecule has 2 aromatic rings. The molecule has 1 saturated heterocycles. The van der Waals surface area contributed by atoms with Crippen molar-refractivity contribution >= 4 is 28.5 Å². The Hall–Kier alpha value is -2.73. The first-order chi connectivity index (χ1) is 13.6. The van der Waals surface area contributed by atoms with Crippen molar-refractivity contribution in [2.75, 3.05) is 26.7 Å². The number of rotatable bonds is 5. The molecular formula is C22H25N3O3. The molecular weight excluding hydrogens is 354 g/mol. The molecule has 28 heavy (non-hydrogen) atoms. The lowest BCUT2D eigenvalue weighted by molar-refractivity contribution is -0.132. The van der Waals surface area contributed by atoms with E-state index in [0.717, 1.165) is 36.7 Å². The third kappa shape index (κ3) is 3.29. The van der Waals surface area contributed by atoms with Gasteiger partial charge in [0.15, 0.2) is 0 Å². The van der Waals surface area contributed by atoms with Crippen molar-refractivity contribution in [3.63, 3.8) is 0 Å². The minimum Gasteiger partial charge on any atom is -0.341 e. The summed E-state index contributed by atoms with van der Waals surface area (Å²) in [5.74, 6) is -0.440. The predicted octanol–water partition coefficient (Wildman–Crippen LogP) is 2.43. The van der Waals surface area contributed by atoms with Crippen LogP contribution in [0, 0.1) is 0 Å². The van der Waals surface area contributed by atoms with Crippen LogP contribution in [0.25, 0.3) is 10.8 Å². The number of likely N-dealkylation sites (N-methyl/N-ethyl adjacent to an activating group) is 1. The van der Waals surface area contributed by atoms with Gasteiger partial charge in [-0.25, -0.2) is 0 Å². The molecule has 6 nitrogen and oxygen atoms in total. The molecule has 0 radical (unpaired) electrons. The maximum atomic E-state index is 12.9. The second kappa shape index (κ2) is 7.72. The van der Waals surface area contributed by atoms with Crippen molar-refractivity contribution in [3.8, 4) is 0 Å². The standard InChI is InChI=1S/C22H25N3O3/c1-23-16-8-4-12-24(14-16)19(26)11-5-13-25-21(27)17-9-2-6-15-7-3-10-18(20(15)17)22(25)28/h2-3,6-7,9-10,16,23H,4-5,8,11-14H2,1H3. The average Bonchev–Trinajstić information content (AvgIpc) is 2.74. The van der Waals surface area contributed by atoms with E-state index in [2.05, 4.69) is 5.32 Å². The Morgan fingerprint density at radius 1 is 1.11 bits per heavy atom. The molecule has 4 rings (SSSR count). The third-order valence-corrected chi connectivity index (χ3v) is 5.81. The van der Waals surface area contributed by atoms with E-state index in [-0.39, 0.29) is 24.3 Å². The number of amides is 3. The molecule has 2 aromatic carbocycles. The summed E-state index contributed by atoms with van der Waals surface area (Å²) in [6.45, 7) is 1.78. The number of piperidine rings is 1. The number of likely N-dealkylation sites (tertiary alicyclic amines) is 1. The van der Waals surface area contributed by atoms with Gasteiger partial charge in [-0.1, -0.05) is 24.3 Å². The van der Waals surface area contributed by atoms with Crippen molar-refractivity contribution in [2.45, 2.75) is 31.7 Å². The Kier molecular flexibility index (Phi) is 5.13. The summed E-state index contributed by atoms with van der Waals surface area (Å²) in [7, 11) is 1.92. The summed E-state index contributed by atoms with van der Waals surface area (Å²) in [5, 5.41) is 4.87. The van der Waals surface area contributed by atoms with Crippen molar-refractivity contribution in [1.29, 1.82) is 0 Å². The van der Waals surface area contributed by atoms with Crippen molar-refractivity contribution < 1.29 is 14.4 Å². The van der Waals surface area contributed by atoms with E-state index < -0.39 is 0 Å². The number of benzene rings is 2. The van der Waals surface area contributed by atoms with Gasteiger partial charge in [0.05, 0.1) is 0 Å². The van der Waals surface area contributed by atoms with Crippen LogP contribution in [-0.4, -0.2) is 60.2 Å². The lowest BCUT2D eigenvalue weighted by Gasteiger charge is -2.33. The summed E-state index contributed by atoms with van der Waals surface area (Å²) in [5.41, 5.74) is 1.12. The zero-order chi connectivity index (χ0) is 19.7. The SMILES string of the molecule is CNC1CCCN(C(=O)CCCN2C(=O)c3cccc4cccc(c34)C2=O)C1. The first kappa shape index (κ1) is 18.6. The topological polar surface area (TPSA) is 69.7 Å². The van der Waals surface area contributed by atoms with E-state index in [1.807, 2.05) is 36.2 Å². The Morgan fingerprint density at radius 2 is 1.79 bits per heavy atom. The molecule has 2 aliphatic heterocycles. The molecule has 1 atom stereocenters. The normalized spacial score (nSPS) is 19.4. The van der Waals surface area contributed by atoms with Crippen LogP contribution < -0.4 is 5.32 Å². The maximum absolute atomic E-state index is 12.9. The van der Waals surface area contributed by atoms with Crippen LogP contribution in [-0.2, 0) is 4.79 Å². The summed E-state index contributed by atoms with van der Waals surface area (Å²) in [6, 6.07) is 11.4. The minimum absolute atomic E-state index is 0.0966. The monoisotopic (exact) mass is 379 g/mol. The van der Waals surface area contributed by atoms with E-state index in [9.17, 15) is 14.4 Å². The fourth-order valence-corrected chi connectivity index (χ4v) is 4.27. The molecule has 146 valence electrons. The molecule has 2 aliphatic rings. The van der Waals surface area contributed by atoms with Gasteiger partial charge < -0.3 is 10.2 Å². The summed E-state index contributed by atoms with van der Waals surface area (Å²) in [6.07, 6.45) is 2.91. The number of hydrogen-bond donors (Lipinski definition) is 1. The molecule has 0 aromatic heterocycles. The van der Waals surface area contributed by atoms with Crippen LogP contribution in [0.15, 0.2) is 36.4 Å². The van der Waals surface area contributed by atoms with Crippen LogP contribution in [0.1, 0.15) is 46.4 Å². The molecule has 0 spiro atoms. The number of nitrogens with one attached hydrogen (secondary N) is 1. The molecule has 6 heteroatoms. The molecule has 2 heterocycles. The van der Waals surface area contributed by atoms with E-state index in [0.29, 0.717) is 30.0 Å². The first-order valence-corrected chi connectivity index (χ1v) is 9.93. The van der Waals surface area contributed by atoms with Gasteiger partial charge in [0, 0.05) is 48.6 Å². The zero-order valence-electron chi connectivity index (χ0n) is 16.1. The second-order valence-electron chi connectivity index (χ2n) is 7.54. The van der Waals surface area contributed by atoms with Gasteiger partial charge in [-0.2, -0.15) is 0 Å². The largest absolute Gasteiger partial charge is 0.341 e. The summed E-state index contributed by atoms with van der Waals surface area (Å²) in [4.78, 5) is 41.5. The lowest BCUT2D eigenvalue weighted by atomic mass is 9.94. The Labute approximate surface area is 164 Å². The number of carbonyl (C=O) groups is 3. The van der Waals surface area contributed by atoms with Crippen LogP contribution in [0.2, 0.25) is 0 Å². The van der Waals surface area contributed by atoms with Crippen LogP contribution in [0.5, 0.6) is 0 Å². The maximum Gasteiger partial charge on any atom is 0.261 e. The Bertz CT molecular complexity index is 889. The van der Waals surface area contributed by atoms with Crippen molar-refractivity contribution in [3.05, 3.63) is 47.5 Å². The zero-order valence-corrected chi connectivity index (χ0v) is 16.1. The highest BCUT2D eigenvalue weighted by Crippen LogP contribution is 2.30. The summed E-state index contributed by atoms with van der Waals surface area (Å²) >= 11 is 0. The van der Waals surface area contributed by atoms with Crippen LogP contribution in [0.3, 0.4) is 0 Å². The van der Waals surface area contributed by atoms with E-state index >= 15 is 0 Å². The lowest BCUT2D eigenvalue weighted by Crippen LogP contribution is -2.47. The van der Waals surface area contributed by atoms with Gasteiger partial charge in [-0.15, -0.1) is 0 Å². The minimum atomic E-state index is -0.269. The number of carbonyl (C=O) groups excluding carboxylic acids is 3. The highest BCUT2D eigenvalue weighted by Gasteiger charge is 2.32. The van der Waals surface area contributed by atoms with Crippen molar-refractivity contribution in [2.24, 2.45) is 0 Å². The van der Waals surface area contributed by atoms with Crippen LogP contribution >= 0.6 is 0 Å². The van der Waals surface area contributed by atoms with Gasteiger partial charge in [-0.05, 0) is 43.8 Å². The van der Waals surface area contributed by atoms with E-state index in [1.165, 1.54) is 4.90 Å². The van der Waals surface area contributed by atoms with Gasteiger partial charge in [0.25, 0.3) is 11.8 Å². The van der Waals surface area contributed by atoms with Gasteiger partial charge in [0.1, 0.15) is 0 Å². The number of nitrogens with zero attached hydrogens (tertiary/aromatic N) is 2. The summed E-state index contributed by atoms with van der Waals surface area (Å²) < 4.78 is 0. The highest BCUT2D eigenvalue weighted by molar-refractivity contribution is 6.25. The van der Waals surface area contributed by atoms with E-state index in [4.69, 9.17) is 0 Å². The van der Waals surface area contributed by atoms with Gasteiger partial charge in [0.2, 0.25) is 5.91 Å². The quantitative estimate of drug-likeness (QED) is 0.810. The predicted molar refractivity (Wildman–Crippen MR) is 107 cm³/mol. The van der Waals surface area contributed by atoms with Gasteiger partial charge >= 0.3 is 0 Å². The molecule has 3 amide bonds. The Morgan fingerprint density at radius 3 is 2.43 bits per heavy atom. The molecule has 0 bridgehead atoms. The first-order valence-electron chi connectivity index (χ1n) is 9.93. The third-order valence-electron chi connectivity index (χ3n) is 5.81. The number of imide groups is 1. The van der Waals surface area contributed by atoms with Crippen LogP contribution in [0.4, 0.5) is 0 Å². The molecule has 1 fully saturated rings. The highest BCUT2D eigenvalue weighted by atomic mass is 16.2. The number of hydrogen-bond acceptors (Lipinski definition) is 4. The fourth-order valence-electron chi connectivity index (χ4n) is 4.27.